The molecule has 0 saturated carbocycles. The van der Waals surface area contributed by atoms with Crippen LogP contribution in [0.4, 0.5) is 0 Å². The van der Waals surface area contributed by atoms with Gasteiger partial charge in [-0.25, -0.2) is 0 Å². The zero-order valence-electron chi connectivity index (χ0n) is 44.3. The second-order valence-electron chi connectivity index (χ2n) is 15.8. The van der Waals surface area contributed by atoms with Crippen LogP contribution in [0.1, 0.15) is 54.1 Å². The highest BCUT2D eigenvalue weighted by molar-refractivity contribution is 9.10. The first kappa shape index (κ1) is 57.6. The first-order valence-electron chi connectivity index (χ1n) is 23.2. The topological polar surface area (TPSA) is 145 Å². The summed E-state index contributed by atoms with van der Waals surface area (Å²) in [6, 6.07) is 28.4. The summed E-state index contributed by atoms with van der Waals surface area (Å²) < 4.78 is 65.3. The lowest BCUT2D eigenvalue weighted by atomic mass is 10.0. The zero-order chi connectivity index (χ0) is 54.4. The lowest BCUT2D eigenvalue weighted by molar-refractivity contribution is 0.103. The van der Waals surface area contributed by atoms with Gasteiger partial charge in [0.15, 0.2) is 57.6 Å². The van der Waals surface area contributed by atoms with Gasteiger partial charge in [-0.1, -0.05) is 85.0 Å². The Morgan fingerprint density at radius 2 is 0.720 bits per heavy atom. The monoisotopic (exact) mass is 1090 g/mol. The molecule has 0 aliphatic rings. The van der Waals surface area contributed by atoms with Crippen LogP contribution in [0.2, 0.25) is 0 Å². The highest BCUT2D eigenvalue weighted by atomic mass is 79.9. The largest absolute Gasteiger partial charge is 0.493 e. The van der Waals surface area contributed by atoms with Crippen LogP contribution in [0, 0.1) is 0 Å². The average molecular weight is 1090 g/mol. The van der Waals surface area contributed by atoms with Crippen molar-refractivity contribution in [1.29, 1.82) is 0 Å². The van der Waals surface area contributed by atoms with Gasteiger partial charge in [-0.2, -0.15) is 0 Å². The molecule has 6 rings (SSSR count). The molecule has 0 heterocycles. The molecule has 0 spiro atoms. The van der Waals surface area contributed by atoms with E-state index in [0.29, 0.717) is 97.4 Å². The normalized spacial score (nSPS) is 11.0. The van der Waals surface area contributed by atoms with E-state index < -0.39 is 0 Å². The van der Waals surface area contributed by atoms with Crippen molar-refractivity contribution in [3.05, 3.63) is 164 Å². The van der Waals surface area contributed by atoms with Crippen LogP contribution in [-0.2, 0) is 12.8 Å². The molecule has 75 heavy (non-hydrogen) atoms. The number of benzene rings is 6. The summed E-state index contributed by atoms with van der Waals surface area (Å²) in [6.45, 7) is 0. The van der Waals surface area contributed by atoms with Gasteiger partial charge in [0.1, 0.15) is 0 Å². The third-order valence-corrected chi connectivity index (χ3v) is 12.4. The minimum absolute atomic E-state index is 0.162. The van der Waals surface area contributed by atoms with Crippen LogP contribution in [0.5, 0.6) is 69.0 Å². The van der Waals surface area contributed by atoms with E-state index in [0.717, 1.165) is 33.4 Å². The Hall–Kier alpha value is -8.30. The molecule has 0 N–H and O–H groups in total. The summed E-state index contributed by atoms with van der Waals surface area (Å²) in [5.41, 5.74) is 6.83. The number of hydrogen-bond donors (Lipinski definition) is 0. The van der Waals surface area contributed by atoms with Crippen molar-refractivity contribution in [2.24, 2.45) is 0 Å². The van der Waals surface area contributed by atoms with Crippen LogP contribution in [0.15, 0.2) is 120 Å². The summed E-state index contributed by atoms with van der Waals surface area (Å²) >= 11 is 3.47. The van der Waals surface area contributed by atoms with Crippen LogP contribution in [-0.4, -0.2) is 96.9 Å². The van der Waals surface area contributed by atoms with Gasteiger partial charge in [0.2, 0.25) is 23.0 Å². The summed E-state index contributed by atoms with van der Waals surface area (Å²) in [5, 5.41) is 0. The highest BCUT2D eigenvalue weighted by Gasteiger charge is 2.22. The van der Waals surface area contributed by atoms with E-state index in [1.165, 1.54) is 42.7 Å². The predicted octanol–water partition coefficient (Wildman–Crippen LogP) is 12.5. The molecular formula is C60H63BrO14. The van der Waals surface area contributed by atoms with Crippen molar-refractivity contribution in [2.45, 2.75) is 12.8 Å². The number of carbonyl (C=O) groups excluding carboxylic acids is 2. The Balaban J connectivity index is 0.000000277. The van der Waals surface area contributed by atoms with Gasteiger partial charge in [-0.05, 0) is 117 Å². The van der Waals surface area contributed by atoms with Gasteiger partial charge >= 0.3 is 0 Å². The molecule has 0 bridgehead atoms. The van der Waals surface area contributed by atoms with Crippen molar-refractivity contribution < 1.29 is 66.4 Å². The minimum Gasteiger partial charge on any atom is -0.493 e. The number of ether oxygens (including phenoxy) is 12. The number of hydrogen-bond acceptors (Lipinski definition) is 14. The SMILES string of the molecule is COc1cc(/C=C\c2ccccc2C/C=C\C(=O)c2cc(OC)c(OC)c(OC)c2)cc(OC)c1OC.COc1cc(/C=C\c2ccccc2C/C=C\C(=O)c2cc(OC)c(OC)c(OC)c2Br)cc(OC)c1OC. The number of methoxy groups -OCH3 is 12. The third-order valence-electron chi connectivity index (χ3n) is 11.6. The van der Waals surface area contributed by atoms with E-state index in [1.54, 1.807) is 73.0 Å². The lowest BCUT2D eigenvalue weighted by Crippen LogP contribution is -2.03. The van der Waals surface area contributed by atoms with E-state index in [1.807, 2.05) is 109 Å². The molecular weight excluding hydrogens is 1020 g/mol. The van der Waals surface area contributed by atoms with E-state index in [2.05, 4.69) is 15.9 Å². The van der Waals surface area contributed by atoms with Gasteiger partial charge in [0, 0.05) is 11.1 Å². The van der Waals surface area contributed by atoms with Crippen LogP contribution in [0.3, 0.4) is 0 Å². The number of allylic oxidation sites excluding steroid dienone is 4. The van der Waals surface area contributed by atoms with E-state index >= 15 is 0 Å². The Morgan fingerprint density at radius 3 is 1.08 bits per heavy atom. The third kappa shape index (κ3) is 14.5. The summed E-state index contributed by atoms with van der Waals surface area (Å²) in [4.78, 5) is 25.9. The summed E-state index contributed by atoms with van der Waals surface area (Å²) in [7, 11) is 18.6. The Labute approximate surface area is 447 Å². The van der Waals surface area contributed by atoms with Crippen molar-refractivity contribution in [3.8, 4) is 69.0 Å². The first-order chi connectivity index (χ1) is 36.4. The fraction of sp³-hybridized carbons (Fsp3) is 0.233. The molecule has 0 unspecified atom stereocenters. The molecule has 0 amide bonds. The van der Waals surface area contributed by atoms with Gasteiger partial charge < -0.3 is 56.8 Å². The fourth-order valence-electron chi connectivity index (χ4n) is 7.83. The number of halogens is 1. The lowest BCUT2D eigenvalue weighted by Gasteiger charge is -2.15. The second-order valence-corrected chi connectivity index (χ2v) is 16.6. The molecule has 0 atom stereocenters. The van der Waals surface area contributed by atoms with E-state index in [-0.39, 0.29) is 11.6 Å². The molecule has 0 aliphatic heterocycles. The maximum absolute atomic E-state index is 13.0. The standard InChI is InChI=1S/C30H31BrO7.C30H32O7/c1-33-24-16-19(17-25(34-2)28(24)36-4)14-15-21-11-8-7-10-20(21)12-9-13-23(32)22-18-26(35-3)29(37-5)30(38-6)27(22)31;1-32-25-16-20(17-26(33-2)29(25)36-5)14-15-22-11-8-7-10-21(22)12-9-13-24(31)23-18-27(34-3)30(37-6)28(19-23)35-4/h7-11,13-18H,12H2,1-6H3;7-11,13-19H,12H2,1-6H3/b2*13-9-,15-14-. The average Bonchev–Trinajstić information content (AvgIpc) is 3.45. The molecule has 0 aromatic heterocycles. The highest BCUT2D eigenvalue weighted by Crippen LogP contribution is 2.45. The number of carbonyl (C=O) groups is 2. The summed E-state index contributed by atoms with van der Waals surface area (Å²) in [6.07, 6.45) is 15.9. The molecule has 6 aromatic rings. The Bertz CT molecular complexity index is 2970. The zero-order valence-corrected chi connectivity index (χ0v) is 45.9. The molecule has 6 aromatic carbocycles. The van der Waals surface area contributed by atoms with Crippen molar-refractivity contribution in [3.63, 3.8) is 0 Å². The van der Waals surface area contributed by atoms with Crippen LogP contribution >= 0.6 is 15.9 Å². The van der Waals surface area contributed by atoms with Crippen LogP contribution < -0.4 is 56.8 Å². The minimum atomic E-state index is -0.193. The first-order valence-corrected chi connectivity index (χ1v) is 24.0. The maximum atomic E-state index is 13.0. The van der Waals surface area contributed by atoms with Crippen molar-refractivity contribution in [1.82, 2.24) is 0 Å². The number of ketones is 2. The second kappa shape index (κ2) is 28.8. The molecule has 0 fully saturated rings. The summed E-state index contributed by atoms with van der Waals surface area (Å²) in [5.74, 6) is 5.59. The van der Waals surface area contributed by atoms with Gasteiger partial charge in [-0.3, -0.25) is 9.59 Å². The van der Waals surface area contributed by atoms with Gasteiger partial charge in [0.05, 0.1) is 89.8 Å². The smallest absolute Gasteiger partial charge is 0.204 e. The number of rotatable bonds is 24. The van der Waals surface area contributed by atoms with Crippen molar-refractivity contribution in [2.75, 3.05) is 85.3 Å². The van der Waals surface area contributed by atoms with E-state index in [4.69, 9.17) is 56.8 Å². The molecule has 0 aliphatic carbocycles. The maximum Gasteiger partial charge on any atom is 0.204 e. The molecule has 0 saturated heterocycles. The predicted molar refractivity (Wildman–Crippen MR) is 297 cm³/mol. The molecule has 15 heteroatoms. The Morgan fingerprint density at radius 1 is 0.387 bits per heavy atom. The quantitative estimate of drug-likeness (QED) is 0.0322. The Kier molecular flexibility index (Phi) is 22.1. The molecule has 0 radical (unpaired) electrons. The van der Waals surface area contributed by atoms with Crippen LogP contribution in [0.25, 0.3) is 24.3 Å². The van der Waals surface area contributed by atoms with Crippen molar-refractivity contribution >= 4 is 51.8 Å². The fourth-order valence-corrected chi connectivity index (χ4v) is 8.48. The van der Waals surface area contributed by atoms with E-state index in [9.17, 15) is 9.59 Å². The molecule has 394 valence electrons. The van der Waals surface area contributed by atoms with Gasteiger partial charge in [0.25, 0.3) is 0 Å². The van der Waals surface area contributed by atoms with Gasteiger partial charge in [-0.15, -0.1) is 0 Å². The molecule has 14 nitrogen and oxygen atoms in total.